The Kier molecular flexibility index (Phi) is 34.3. The lowest BCUT2D eigenvalue weighted by atomic mass is 10.0. The van der Waals surface area contributed by atoms with Crippen LogP contribution in [-0.4, -0.2) is 31.7 Å². The summed E-state index contributed by atoms with van der Waals surface area (Å²) in [5.41, 5.74) is 3.01. The van der Waals surface area contributed by atoms with E-state index < -0.39 is 0 Å². The van der Waals surface area contributed by atoms with Gasteiger partial charge in [0, 0.05) is 0 Å². The smallest absolute Gasteiger partial charge is 0.0782 e. The second kappa shape index (κ2) is 36.7. The highest BCUT2D eigenvalue weighted by molar-refractivity contribution is 5.15. The van der Waals surface area contributed by atoms with Gasteiger partial charge in [0.1, 0.15) is 0 Å². The lowest BCUT2D eigenvalue weighted by Gasteiger charge is -2.30. The summed E-state index contributed by atoms with van der Waals surface area (Å²) in [6.07, 6.45) is 48.9. The summed E-state index contributed by atoms with van der Waals surface area (Å²) in [5, 5.41) is 0. The molecule has 0 radical (unpaired) electrons. The number of aryl methyl sites for hydroxylation is 2. The summed E-state index contributed by atoms with van der Waals surface area (Å²) in [6, 6.07) is 22.0. The topological polar surface area (TPSA) is 0 Å². The van der Waals surface area contributed by atoms with Crippen LogP contribution in [-0.2, 0) is 12.8 Å². The summed E-state index contributed by atoms with van der Waals surface area (Å²) in [4.78, 5) is 0. The summed E-state index contributed by atoms with van der Waals surface area (Å²) >= 11 is 0. The van der Waals surface area contributed by atoms with Gasteiger partial charge in [-0.15, -0.1) is 0 Å². The van der Waals surface area contributed by atoms with Crippen LogP contribution in [0.5, 0.6) is 0 Å². The van der Waals surface area contributed by atoms with E-state index in [1.54, 1.807) is 0 Å². The number of rotatable bonds is 38. The monoisotopic (exact) mass is 738 g/mol. The Balaban J connectivity index is 0.0000135. The Morgan fingerprint density at radius 3 is 0.692 bits per heavy atom. The molecule has 0 heterocycles. The lowest BCUT2D eigenvalue weighted by Crippen LogP contribution is -3.00. The number of halogens is 1. The van der Waals surface area contributed by atoms with E-state index >= 15 is 0 Å². The maximum Gasteiger partial charge on any atom is 0.0782 e. The van der Waals surface area contributed by atoms with Gasteiger partial charge in [-0.1, -0.05) is 228 Å². The van der Waals surface area contributed by atoms with Crippen LogP contribution in [0.1, 0.15) is 217 Å². The number of hydrogen-bond acceptors (Lipinski definition) is 0. The second-order valence-corrected chi connectivity index (χ2v) is 17.2. The highest BCUT2D eigenvalue weighted by Gasteiger charge is 2.13. The van der Waals surface area contributed by atoms with E-state index in [2.05, 4.69) is 74.8 Å². The van der Waals surface area contributed by atoms with E-state index in [-0.39, 0.29) is 12.4 Å². The minimum absolute atomic E-state index is 0. The van der Waals surface area contributed by atoms with Crippen molar-refractivity contribution in [2.45, 2.75) is 218 Å². The van der Waals surface area contributed by atoms with Crippen LogP contribution in [0, 0.1) is 0 Å². The minimum Gasteiger partial charge on any atom is -1.00 e. The lowest BCUT2D eigenvalue weighted by molar-refractivity contribution is -0.890. The zero-order valence-electron chi connectivity index (χ0n) is 35.1. The van der Waals surface area contributed by atoms with E-state index in [9.17, 15) is 0 Å². The normalized spacial score (nSPS) is 11.6. The fraction of sp³-hybridized carbons (Fsp3) is 0.760. The molecule has 0 saturated carbocycles. The largest absolute Gasteiger partial charge is 1.00 e. The first-order valence-corrected chi connectivity index (χ1v) is 23.1. The Bertz CT molecular complexity index is 879. The Morgan fingerprint density at radius 2 is 0.462 bits per heavy atom. The molecule has 0 aliphatic rings. The number of benzene rings is 2. The molecule has 0 amide bonds. The molecule has 0 spiro atoms. The van der Waals surface area contributed by atoms with Crippen LogP contribution < -0.4 is 12.4 Å². The molecule has 0 unspecified atom stereocenters. The molecule has 0 aliphatic heterocycles. The summed E-state index contributed by atoms with van der Waals surface area (Å²) in [7, 11) is 4.95. The number of nitrogens with zero attached hydrogens (tertiary/aromatic N) is 1. The fourth-order valence-electron chi connectivity index (χ4n) is 8.09. The summed E-state index contributed by atoms with van der Waals surface area (Å²) in [6.45, 7) is 2.75. The van der Waals surface area contributed by atoms with Crippen LogP contribution in [0.2, 0.25) is 0 Å². The molecular formula is C50H88ClN. The van der Waals surface area contributed by atoms with Crippen molar-refractivity contribution in [3.05, 3.63) is 71.8 Å². The third kappa shape index (κ3) is 32.1. The first-order chi connectivity index (χ1) is 25.2. The van der Waals surface area contributed by atoms with Crippen molar-refractivity contribution in [1.29, 1.82) is 0 Å². The second-order valence-electron chi connectivity index (χ2n) is 17.2. The molecule has 0 atom stereocenters. The molecule has 2 aromatic rings. The van der Waals surface area contributed by atoms with Crippen LogP contribution in [0.25, 0.3) is 0 Å². The van der Waals surface area contributed by atoms with Gasteiger partial charge in [-0.05, 0) is 62.5 Å². The van der Waals surface area contributed by atoms with Gasteiger partial charge in [-0.3, -0.25) is 0 Å². The van der Waals surface area contributed by atoms with Gasteiger partial charge in [0.05, 0.1) is 27.2 Å². The van der Waals surface area contributed by atoms with Gasteiger partial charge in [0.25, 0.3) is 0 Å². The Hall–Kier alpha value is -1.31. The third-order valence-corrected chi connectivity index (χ3v) is 11.6. The molecule has 0 saturated heterocycles. The SMILES string of the molecule is C[N+](C)(CCCCCCCCCCCCCCCCCCc1ccccc1)CCCCCCCCCCCCCCCCCCc1ccccc1.[Cl-]. The van der Waals surface area contributed by atoms with Gasteiger partial charge < -0.3 is 16.9 Å². The van der Waals surface area contributed by atoms with E-state index in [0.29, 0.717) is 0 Å². The standard InChI is InChI=1S/C50H88N.ClH/c1-51(2,47-39-29-25-21-17-13-9-5-3-7-11-15-19-23-27-33-41-49-43-35-31-36-44-49)48-40-30-26-22-18-14-10-6-4-8-12-16-20-24-28-34-42-50-45-37-32-38-46-50;/h31-32,35-38,43-46H,3-30,33-34,39-42,47-48H2,1-2H3;1H/q+1;/p-1. The molecule has 1 nitrogen and oxygen atoms in total. The zero-order valence-corrected chi connectivity index (χ0v) is 35.8. The number of hydrogen-bond donors (Lipinski definition) is 0. The van der Waals surface area contributed by atoms with Crippen LogP contribution in [0.3, 0.4) is 0 Å². The maximum atomic E-state index is 2.47. The molecule has 52 heavy (non-hydrogen) atoms. The molecule has 0 aliphatic carbocycles. The molecular weight excluding hydrogens is 650 g/mol. The van der Waals surface area contributed by atoms with Crippen molar-refractivity contribution in [3.8, 4) is 0 Å². The van der Waals surface area contributed by atoms with E-state index in [0.717, 1.165) is 0 Å². The van der Waals surface area contributed by atoms with Crippen molar-refractivity contribution >= 4 is 0 Å². The quantitative estimate of drug-likeness (QED) is 0.0475. The molecule has 2 rings (SSSR count). The van der Waals surface area contributed by atoms with Crippen molar-refractivity contribution < 1.29 is 16.9 Å². The molecule has 300 valence electrons. The molecule has 2 aromatic carbocycles. The first-order valence-electron chi connectivity index (χ1n) is 23.1. The third-order valence-electron chi connectivity index (χ3n) is 11.6. The summed E-state index contributed by atoms with van der Waals surface area (Å²) in [5.74, 6) is 0. The van der Waals surface area contributed by atoms with Crippen LogP contribution in [0.4, 0.5) is 0 Å². The highest BCUT2D eigenvalue weighted by atomic mass is 35.5. The van der Waals surface area contributed by atoms with Gasteiger partial charge >= 0.3 is 0 Å². The molecule has 0 aromatic heterocycles. The van der Waals surface area contributed by atoms with E-state index in [1.165, 1.54) is 247 Å². The van der Waals surface area contributed by atoms with Crippen LogP contribution >= 0.6 is 0 Å². The summed E-state index contributed by atoms with van der Waals surface area (Å²) < 4.78 is 1.24. The van der Waals surface area contributed by atoms with E-state index in [4.69, 9.17) is 0 Å². The Labute approximate surface area is 332 Å². The van der Waals surface area contributed by atoms with Gasteiger partial charge in [-0.25, -0.2) is 0 Å². The highest BCUT2D eigenvalue weighted by Crippen LogP contribution is 2.17. The van der Waals surface area contributed by atoms with Crippen LogP contribution in [0.15, 0.2) is 60.7 Å². The average molecular weight is 739 g/mol. The van der Waals surface area contributed by atoms with Gasteiger partial charge in [-0.2, -0.15) is 0 Å². The number of quaternary nitrogens is 1. The Morgan fingerprint density at radius 1 is 0.269 bits per heavy atom. The predicted molar refractivity (Wildman–Crippen MR) is 230 cm³/mol. The van der Waals surface area contributed by atoms with Gasteiger partial charge in [0.15, 0.2) is 0 Å². The number of unbranched alkanes of at least 4 members (excludes halogenated alkanes) is 30. The maximum absolute atomic E-state index is 2.47. The molecule has 0 fully saturated rings. The van der Waals surface area contributed by atoms with E-state index in [1.807, 2.05) is 0 Å². The minimum atomic E-state index is 0. The average Bonchev–Trinajstić information content (AvgIpc) is 3.14. The fourth-order valence-corrected chi connectivity index (χ4v) is 8.09. The van der Waals surface area contributed by atoms with Crippen molar-refractivity contribution in [2.75, 3.05) is 27.2 Å². The van der Waals surface area contributed by atoms with Gasteiger partial charge in [0.2, 0.25) is 0 Å². The van der Waals surface area contributed by atoms with Crippen molar-refractivity contribution in [1.82, 2.24) is 0 Å². The zero-order chi connectivity index (χ0) is 36.2. The van der Waals surface area contributed by atoms with Crippen molar-refractivity contribution in [2.24, 2.45) is 0 Å². The van der Waals surface area contributed by atoms with Crippen molar-refractivity contribution in [3.63, 3.8) is 0 Å². The first kappa shape index (κ1) is 48.7. The predicted octanol–water partition coefficient (Wildman–Crippen LogP) is 13.0. The molecule has 0 N–H and O–H groups in total. The molecule has 0 bridgehead atoms. The molecule has 2 heteroatoms.